The van der Waals surface area contributed by atoms with Crippen molar-refractivity contribution in [1.29, 1.82) is 0 Å². The number of hydrogen-bond acceptors (Lipinski definition) is 4. The average Bonchev–Trinajstić information content (AvgIpc) is 2.80. The Morgan fingerprint density at radius 3 is 2.59 bits per heavy atom. The summed E-state index contributed by atoms with van der Waals surface area (Å²) in [6, 6.07) is 11.8. The third kappa shape index (κ3) is 3.97. The van der Waals surface area contributed by atoms with E-state index in [2.05, 4.69) is 5.32 Å². The molecule has 0 amide bonds. The van der Waals surface area contributed by atoms with Gasteiger partial charge in [0.05, 0.1) is 11.4 Å². The second-order valence-electron chi connectivity index (χ2n) is 8.54. The van der Waals surface area contributed by atoms with E-state index in [4.69, 9.17) is 9.97 Å². The number of fused-ring (bicyclic) bond motifs is 1. The summed E-state index contributed by atoms with van der Waals surface area (Å²) in [6.07, 6.45) is 9.77. The molecule has 0 radical (unpaired) electrons. The Morgan fingerprint density at radius 2 is 1.81 bits per heavy atom. The van der Waals surface area contributed by atoms with Gasteiger partial charge in [0, 0.05) is 23.7 Å². The van der Waals surface area contributed by atoms with Crippen LogP contribution in [0, 0.1) is 18.6 Å². The molecule has 6 heteroatoms. The molecule has 5 rings (SSSR count). The molecule has 1 aliphatic heterocycles. The van der Waals surface area contributed by atoms with Gasteiger partial charge in [-0.05, 0) is 55.7 Å². The molecule has 1 aromatic heterocycles. The molecule has 1 saturated carbocycles. The predicted octanol–water partition coefficient (Wildman–Crippen LogP) is 6.64. The Bertz CT molecular complexity index is 1170. The molecule has 0 unspecified atom stereocenters. The molecule has 4 nitrogen and oxygen atoms in total. The van der Waals surface area contributed by atoms with Gasteiger partial charge in [-0.25, -0.2) is 13.8 Å². The van der Waals surface area contributed by atoms with Crippen LogP contribution in [0.4, 0.5) is 26.2 Å². The van der Waals surface area contributed by atoms with Crippen LogP contribution in [0.15, 0.2) is 48.5 Å². The van der Waals surface area contributed by atoms with Crippen molar-refractivity contribution in [1.82, 2.24) is 9.97 Å². The highest BCUT2D eigenvalue weighted by atomic mass is 19.1. The van der Waals surface area contributed by atoms with Gasteiger partial charge in [-0.15, -0.1) is 0 Å². The van der Waals surface area contributed by atoms with Gasteiger partial charge in [-0.2, -0.15) is 4.98 Å². The monoisotopic (exact) mass is 432 g/mol. The molecule has 164 valence electrons. The molecule has 0 bridgehead atoms. The van der Waals surface area contributed by atoms with E-state index < -0.39 is 0 Å². The summed E-state index contributed by atoms with van der Waals surface area (Å²) < 4.78 is 28.5. The number of aromatic nitrogens is 2. The van der Waals surface area contributed by atoms with Crippen molar-refractivity contribution in [3.8, 4) is 11.3 Å². The number of benzene rings is 2. The lowest BCUT2D eigenvalue weighted by Gasteiger charge is -2.30. The van der Waals surface area contributed by atoms with Crippen molar-refractivity contribution in [2.75, 3.05) is 16.8 Å². The fourth-order valence-electron chi connectivity index (χ4n) is 4.65. The van der Waals surface area contributed by atoms with Gasteiger partial charge < -0.3 is 10.2 Å². The van der Waals surface area contributed by atoms with Gasteiger partial charge in [-0.1, -0.05) is 43.5 Å². The summed E-state index contributed by atoms with van der Waals surface area (Å²) in [5.41, 5.74) is 3.65. The summed E-state index contributed by atoms with van der Waals surface area (Å²) in [5, 5.41) is 3.52. The normalized spacial score (nSPS) is 16.2. The maximum Gasteiger partial charge on any atom is 0.225 e. The van der Waals surface area contributed by atoms with Crippen LogP contribution < -0.4 is 10.2 Å². The van der Waals surface area contributed by atoms with E-state index in [0.29, 0.717) is 30.0 Å². The molecule has 32 heavy (non-hydrogen) atoms. The zero-order valence-electron chi connectivity index (χ0n) is 18.1. The minimum Gasteiger partial charge on any atom is -0.351 e. The summed E-state index contributed by atoms with van der Waals surface area (Å²) in [4.78, 5) is 11.6. The van der Waals surface area contributed by atoms with Crippen LogP contribution in [-0.2, 0) is 0 Å². The summed E-state index contributed by atoms with van der Waals surface area (Å²) >= 11 is 0. The molecule has 0 spiro atoms. The third-order valence-electron chi connectivity index (χ3n) is 6.28. The first-order chi connectivity index (χ1) is 15.6. The van der Waals surface area contributed by atoms with Crippen molar-refractivity contribution >= 4 is 23.5 Å². The highest BCUT2D eigenvalue weighted by Gasteiger charge is 2.25. The van der Waals surface area contributed by atoms with E-state index in [1.54, 1.807) is 18.2 Å². The number of rotatable bonds is 4. The highest BCUT2D eigenvalue weighted by Crippen LogP contribution is 2.39. The maximum absolute atomic E-state index is 14.7. The SMILES string of the molecule is Cc1cc(F)ccc1-c1nc(NC2CCCCC2)nc2c1C=CCN2c1ccccc1F. The topological polar surface area (TPSA) is 41.1 Å². The fourth-order valence-corrected chi connectivity index (χ4v) is 4.65. The van der Waals surface area contributed by atoms with E-state index in [-0.39, 0.29) is 11.6 Å². The summed E-state index contributed by atoms with van der Waals surface area (Å²) in [5.74, 6) is 0.613. The lowest BCUT2D eigenvalue weighted by Crippen LogP contribution is -2.27. The number of aryl methyl sites for hydroxylation is 1. The van der Waals surface area contributed by atoms with Crippen LogP contribution in [0.25, 0.3) is 17.3 Å². The Labute approximate surface area is 187 Å². The van der Waals surface area contributed by atoms with Gasteiger partial charge in [-0.3, -0.25) is 0 Å². The second-order valence-corrected chi connectivity index (χ2v) is 8.54. The van der Waals surface area contributed by atoms with Crippen LogP contribution in [0.5, 0.6) is 0 Å². The first kappa shape index (κ1) is 20.6. The van der Waals surface area contributed by atoms with Gasteiger partial charge >= 0.3 is 0 Å². The predicted molar refractivity (Wildman–Crippen MR) is 125 cm³/mol. The molecule has 1 aliphatic carbocycles. The molecule has 2 aliphatic rings. The Kier molecular flexibility index (Phi) is 5.60. The molecule has 2 heterocycles. The van der Waals surface area contributed by atoms with E-state index in [1.165, 1.54) is 37.5 Å². The zero-order chi connectivity index (χ0) is 22.1. The molecule has 1 N–H and O–H groups in total. The first-order valence-electron chi connectivity index (χ1n) is 11.2. The van der Waals surface area contributed by atoms with Gasteiger partial charge in [0.2, 0.25) is 5.95 Å². The van der Waals surface area contributed by atoms with Crippen molar-refractivity contribution in [2.45, 2.75) is 45.1 Å². The lowest BCUT2D eigenvalue weighted by molar-refractivity contribution is 0.461. The number of anilines is 3. The van der Waals surface area contributed by atoms with Crippen LogP contribution in [-0.4, -0.2) is 22.6 Å². The van der Waals surface area contributed by atoms with Crippen molar-refractivity contribution in [3.05, 3.63) is 71.3 Å². The molecular weight excluding hydrogens is 406 g/mol. The molecule has 3 aromatic rings. The van der Waals surface area contributed by atoms with Crippen molar-refractivity contribution < 1.29 is 8.78 Å². The van der Waals surface area contributed by atoms with Crippen molar-refractivity contribution in [3.63, 3.8) is 0 Å². The number of nitrogens with one attached hydrogen (secondary N) is 1. The number of para-hydroxylation sites is 1. The number of nitrogens with zero attached hydrogens (tertiary/aromatic N) is 3. The second kappa shape index (κ2) is 8.69. The molecule has 2 aromatic carbocycles. The molecule has 1 fully saturated rings. The molecule has 0 atom stereocenters. The maximum atomic E-state index is 14.7. The smallest absolute Gasteiger partial charge is 0.225 e. The Hall–Kier alpha value is -3.28. The number of halogens is 2. The first-order valence-corrected chi connectivity index (χ1v) is 11.2. The zero-order valence-corrected chi connectivity index (χ0v) is 18.1. The van der Waals surface area contributed by atoms with Gasteiger partial charge in [0.25, 0.3) is 0 Å². The van der Waals surface area contributed by atoms with Crippen molar-refractivity contribution in [2.24, 2.45) is 0 Å². The van der Waals surface area contributed by atoms with E-state index >= 15 is 0 Å². The Balaban J connectivity index is 1.66. The fraction of sp³-hybridized carbons (Fsp3) is 0.308. The van der Waals surface area contributed by atoms with Crippen LogP contribution in [0.2, 0.25) is 0 Å². The van der Waals surface area contributed by atoms with E-state index in [0.717, 1.165) is 35.2 Å². The minimum absolute atomic E-state index is 0.279. The third-order valence-corrected chi connectivity index (χ3v) is 6.28. The number of hydrogen-bond donors (Lipinski definition) is 1. The van der Waals surface area contributed by atoms with Gasteiger partial charge in [0.15, 0.2) is 0 Å². The average molecular weight is 433 g/mol. The Morgan fingerprint density at radius 1 is 1.00 bits per heavy atom. The van der Waals surface area contributed by atoms with E-state index in [1.807, 2.05) is 30.0 Å². The van der Waals surface area contributed by atoms with Crippen LogP contribution in [0.1, 0.15) is 43.2 Å². The molecule has 0 saturated heterocycles. The minimum atomic E-state index is -0.298. The quantitative estimate of drug-likeness (QED) is 0.502. The summed E-state index contributed by atoms with van der Waals surface area (Å²) in [6.45, 7) is 2.39. The van der Waals surface area contributed by atoms with E-state index in [9.17, 15) is 8.78 Å². The van der Waals surface area contributed by atoms with Crippen LogP contribution >= 0.6 is 0 Å². The standard InChI is InChI=1S/C26H26F2N4/c1-17-16-18(27)13-14-20(17)24-21-10-7-15-32(23-12-6-5-11-22(23)28)25(21)31-26(30-24)29-19-8-3-2-4-9-19/h5-7,10-14,16,19H,2-4,8-9,15H2,1H3,(H,29,30,31). The lowest BCUT2D eigenvalue weighted by atomic mass is 9.95. The summed E-state index contributed by atoms with van der Waals surface area (Å²) in [7, 11) is 0. The largest absolute Gasteiger partial charge is 0.351 e. The van der Waals surface area contributed by atoms with Gasteiger partial charge in [0.1, 0.15) is 17.5 Å². The van der Waals surface area contributed by atoms with Crippen LogP contribution in [0.3, 0.4) is 0 Å². The highest BCUT2D eigenvalue weighted by molar-refractivity contribution is 5.85. The molecular formula is C26H26F2N4.